The number of esters is 3. The van der Waals surface area contributed by atoms with Crippen LogP contribution in [0.4, 0.5) is 5.69 Å². The van der Waals surface area contributed by atoms with Crippen molar-refractivity contribution in [3.63, 3.8) is 0 Å². The molecule has 13 heteroatoms. The van der Waals surface area contributed by atoms with E-state index >= 15 is 0 Å². The Morgan fingerprint density at radius 1 is 1.00 bits per heavy atom. The van der Waals surface area contributed by atoms with E-state index in [1.807, 2.05) is 0 Å². The lowest BCUT2D eigenvalue weighted by molar-refractivity contribution is -0.384. The zero-order chi connectivity index (χ0) is 23.1. The molecule has 1 saturated heterocycles. The normalized spacial score (nSPS) is 24.9. The van der Waals surface area contributed by atoms with Crippen molar-refractivity contribution in [3.05, 3.63) is 39.4 Å². The molecule has 31 heavy (non-hydrogen) atoms. The van der Waals surface area contributed by atoms with E-state index in [1.165, 1.54) is 24.3 Å². The van der Waals surface area contributed by atoms with Gasteiger partial charge in [-0.15, -0.1) is 0 Å². The van der Waals surface area contributed by atoms with Gasteiger partial charge in [0.05, 0.1) is 4.92 Å². The van der Waals surface area contributed by atoms with Crippen molar-refractivity contribution in [2.45, 2.75) is 51.5 Å². The molecule has 1 heterocycles. The third-order valence-corrected chi connectivity index (χ3v) is 4.06. The number of hydrogen-bond donors (Lipinski definition) is 0. The molecule has 2 rings (SSSR count). The standard InChI is InChI=1S/C18H20N3O10/c1-9(22)27-15-14(8-20-19)31-18(17(29-11(3)24)16(15)28-10(2)23)30-13-6-4-12(5-7-13)21(25)26/h4-7,14-18H,8H2,1-3H3/q+1. The van der Waals surface area contributed by atoms with Gasteiger partial charge in [-0.05, 0) is 12.1 Å². The first kappa shape index (κ1) is 23.5. The number of nitrogens with zero attached hydrogens (tertiary/aromatic N) is 3. The van der Waals surface area contributed by atoms with Gasteiger partial charge in [0, 0.05) is 32.9 Å². The summed E-state index contributed by atoms with van der Waals surface area (Å²) in [5.41, 5.74) is -0.182. The van der Waals surface area contributed by atoms with Crippen LogP contribution in [-0.4, -0.2) is 60.1 Å². The number of benzene rings is 1. The Hall–Kier alpha value is -3.79. The highest BCUT2D eigenvalue weighted by atomic mass is 16.7. The molecular formula is C18H20N3O10+. The molecule has 5 unspecified atom stereocenters. The first-order valence-corrected chi connectivity index (χ1v) is 9.01. The van der Waals surface area contributed by atoms with Crippen LogP contribution in [0.15, 0.2) is 24.3 Å². The average Bonchev–Trinajstić information content (AvgIpc) is 2.67. The molecule has 13 nitrogen and oxygen atoms in total. The molecule has 1 fully saturated rings. The van der Waals surface area contributed by atoms with Crippen LogP contribution in [-0.2, 0) is 33.3 Å². The Balaban J connectivity index is 2.42. The molecule has 0 N–H and O–H groups in total. The van der Waals surface area contributed by atoms with Crippen LogP contribution < -0.4 is 4.74 Å². The van der Waals surface area contributed by atoms with Gasteiger partial charge in [-0.25, -0.2) is 0 Å². The van der Waals surface area contributed by atoms with Gasteiger partial charge in [0.2, 0.25) is 17.8 Å². The van der Waals surface area contributed by atoms with Crippen LogP contribution in [0.2, 0.25) is 0 Å². The quantitative estimate of drug-likeness (QED) is 0.198. The minimum atomic E-state index is -1.40. The Morgan fingerprint density at radius 2 is 1.52 bits per heavy atom. The molecule has 0 radical (unpaired) electrons. The zero-order valence-corrected chi connectivity index (χ0v) is 16.8. The molecule has 1 aliphatic rings. The third kappa shape index (κ3) is 6.34. The highest BCUT2D eigenvalue weighted by Gasteiger charge is 2.54. The molecule has 0 spiro atoms. The summed E-state index contributed by atoms with van der Waals surface area (Å²) in [6.07, 6.45) is -6.54. The van der Waals surface area contributed by atoms with Crippen molar-refractivity contribution in [1.29, 1.82) is 5.39 Å². The maximum Gasteiger partial charge on any atom is 0.335 e. The van der Waals surface area contributed by atoms with E-state index in [0.717, 1.165) is 20.8 Å². The summed E-state index contributed by atoms with van der Waals surface area (Å²) in [4.78, 5) is 48.2. The van der Waals surface area contributed by atoms with Crippen molar-refractivity contribution in [3.8, 4) is 5.75 Å². The van der Waals surface area contributed by atoms with E-state index < -0.39 is 53.5 Å². The van der Waals surface area contributed by atoms with E-state index in [4.69, 9.17) is 29.1 Å². The lowest BCUT2D eigenvalue weighted by Crippen LogP contribution is -2.63. The number of nitro benzene ring substituents is 1. The number of nitro groups is 1. The van der Waals surface area contributed by atoms with Crippen LogP contribution in [0.3, 0.4) is 0 Å². The fraction of sp³-hybridized carbons (Fsp3) is 0.500. The lowest BCUT2D eigenvalue weighted by atomic mass is 9.97. The monoisotopic (exact) mass is 438 g/mol. The van der Waals surface area contributed by atoms with E-state index in [9.17, 15) is 24.5 Å². The van der Waals surface area contributed by atoms with Crippen LogP contribution >= 0.6 is 0 Å². The van der Waals surface area contributed by atoms with Gasteiger partial charge in [-0.2, -0.15) is 0 Å². The second kappa shape index (κ2) is 10.3. The molecule has 0 saturated carbocycles. The molecule has 1 aliphatic heterocycles. The summed E-state index contributed by atoms with van der Waals surface area (Å²) in [6, 6.07) is 4.95. The van der Waals surface area contributed by atoms with Crippen molar-refractivity contribution in [1.82, 2.24) is 0 Å². The highest BCUT2D eigenvalue weighted by molar-refractivity contribution is 5.68. The molecule has 0 aliphatic carbocycles. The fourth-order valence-corrected chi connectivity index (χ4v) is 2.96. The van der Waals surface area contributed by atoms with Crippen molar-refractivity contribution in [2.24, 2.45) is 0 Å². The number of rotatable bonds is 7. The number of carbonyl (C=O) groups is 3. The third-order valence-electron chi connectivity index (χ3n) is 4.06. The molecular weight excluding hydrogens is 418 g/mol. The van der Waals surface area contributed by atoms with Gasteiger partial charge in [-0.3, -0.25) is 24.5 Å². The molecule has 0 amide bonds. The van der Waals surface area contributed by atoms with Gasteiger partial charge in [-0.1, -0.05) is 0 Å². The molecule has 1 aromatic carbocycles. The largest absolute Gasteiger partial charge is 0.461 e. The first-order valence-electron chi connectivity index (χ1n) is 9.01. The molecule has 0 aromatic heterocycles. The summed E-state index contributed by atoms with van der Waals surface area (Å²) in [5.74, 6) is -2.17. The maximum atomic E-state index is 11.7. The Morgan fingerprint density at radius 3 is 2.00 bits per heavy atom. The van der Waals surface area contributed by atoms with Gasteiger partial charge >= 0.3 is 24.5 Å². The first-order chi connectivity index (χ1) is 14.6. The summed E-state index contributed by atoms with van der Waals surface area (Å²) >= 11 is 0. The Labute approximate surface area is 175 Å². The summed E-state index contributed by atoms with van der Waals surface area (Å²) in [7, 11) is 0. The number of hydrogen-bond acceptors (Lipinski definition) is 11. The highest BCUT2D eigenvalue weighted by Crippen LogP contribution is 2.31. The molecule has 0 bridgehead atoms. The average molecular weight is 438 g/mol. The summed E-state index contributed by atoms with van der Waals surface area (Å²) in [6.45, 7) is 2.92. The predicted octanol–water partition coefficient (Wildman–Crippen LogP) is 1.35. The minimum absolute atomic E-state index is 0.111. The molecule has 5 atom stereocenters. The van der Waals surface area contributed by atoms with E-state index in [2.05, 4.69) is 4.98 Å². The predicted molar refractivity (Wildman–Crippen MR) is 99.0 cm³/mol. The number of ether oxygens (including phenoxy) is 5. The number of diazo groups is 1. The molecule has 1 aromatic rings. The van der Waals surface area contributed by atoms with Crippen molar-refractivity contribution in [2.75, 3.05) is 6.54 Å². The zero-order valence-electron chi connectivity index (χ0n) is 16.8. The van der Waals surface area contributed by atoms with Gasteiger partial charge < -0.3 is 23.7 Å². The smallest absolute Gasteiger partial charge is 0.335 e. The van der Waals surface area contributed by atoms with Crippen molar-refractivity contribution < 1.29 is 43.0 Å². The van der Waals surface area contributed by atoms with E-state index in [0.29, 0.717) is 0 Å². The van der Waals surface area contributed by atoms with Crippen LogP contribution in [0.25, 0.3) is 4.98 Å². The van der Waals surface area contributed by atoms with Crippen LogP contribution in [0.1, 0.15) is 20.8 Å². The van der Waals surface area contributed by atoms with Crippen LogP contribution in [0, 0.1) is 15.5 Å². The SMILES string of the molecule is CC(=O)OC1C(C[N+]#N)OC(Oc2ccc([N+](=O)[O-])cc2)C(OC(C)=O)C1OC(C)=O. The Kier molecular flexibility index (Phi) is 7.81. The number of carbonyl (C=O) groups excluding carboxylic acids is 3. The van der Waals surface area contributed by atoms with Gasteiger partial charge in [0.25, 0.3) is 5.69 Å². The summed E-state index contributed by atoms with van der Waals surface area (Å²) < 4.78 is 27.0. The van der Waals surface area contributed by atoms with Gasteiger partial charge in [0.15, 0.2) is 18.3 Å². The second-order valence-electron chi connectivity index (χ2n) is 6.46. The maximum absolute atomic E-state index is 11.7. The Bertz CT molecular complexity index is 882. The minimum Gasteiger partial charge on any atom is -0.461 e. The van der Waals surface area contributed by atoms with E-state index in [1.54, 1.807) is 0 Å². The molecule has 166 valence electrons. The topological polar surface area (TPSA) is 169 Å². The van der Waals surface area contributed by atoms with Crippen LogP contribution in [0.5, 0.6) is 5.75 Å². The second-order valence-corrected chi connectivity index (χ2v) is 6.46. The lowest BCUT2D eigenvalue weighted by Gasteiger charge is -2.42. The van der Waals surface area contributed by atoms with Crippen molar-refractivity contribution >= 4 is 23.6 Å². The fourth-order valence-electron chi connectivity index (χ4n) is 2.96. The van der Waals surface area contributed by atoms with Gasteiger partial charge in [0.1, 0.15) is 10.7 Å². The number of non-ortho nitro benzene ring substituents is 1. The van der Waals surface area contributed by atoms with E-state index in [-0.39, 0.29) is 18.0 Å². The summed E-state index contributed by atoms with van der Waals surface area (Å²) in [5, 5.41) is 19.8.